The Morgan fingerprint density at radius 3 is 2.58 bits per heavy atom. The standard InChI is InChI=1S/C16H18ClNS/c1-16(18,15-14(17)8-9-19-15)13-7-6-11-4-2-3-5-12(11)10-13/h6-10H,2-5,18H2,1H3. The maximum Gasteiger partial charge on any atom is 0.0745 e. The first kappa shape index (κ1) is 13.2. The Kier molecular flexibility index (Phi) is 3.42. The lowest BCUT2D eigenvalue weighted by Gasteiger charge is -2.27. The van der Waals surface area contributed by atoms with Gasteiger partial charge in [-0.3, -0.25) is 0 Å². The summed E-state index contributed by atoms with van der Waals surface area (Å²) in [7, 11) is 0. The van der Waals surface area contributed by atoms with E-state index in [1.54, 1.807) is 11.3 Å². The number of hydrogen-bond donors (Lipinski definition) is 1. The van der Waals surface area contributed by atoms with Crippen LogP contribution in [0.1, 0.15) is 41.3 Å². The molecule has 0 amide bonds. The molecule has 0 saturated carbocycles. The number of halogens is 1. The first-order valence-corrected chi connectivity index (χ1v) is 7.99. The zero-order chi connectivity index (χ0) is 13.5. The quantitative estimate of drug-likeness (QED) is 0.866. The number of nitrogens with two attached hydrogens (primary N) is 1. The van der Waals surface area contributed by atoms with Crippen molar-refractivity contribution in [3.05, 3.63) is 56.2 Å². The van der Waals surface area contributed by atoms with Gasteiger partial charge in [0.05, 0.1) is 10.6 Å². The second-order valence-electron chi connectivity index (χ2n) is 5.49. The lowest BCUT2D eigenvalue weighted by molar-refractivity contribution is 0.610. The molecule has 0 fully saturated rings. The van der Waals surface area contributed by atoms with Gasteiger partial charge in [-0.15, -0.1) is 11.3 Å². The summed E-state index contributed by atoms with van der Waals surface area (Å²) < 4.78 is 0. The highest BCUT2D eigenvalue weighted by molar-refractivity contribution is 7.10. The summed E-state index contributed by atoms with van der Waals surface area (Å²) in [5.41, 5.74) is 10.2. The number of fused-ring (bicyclic) bond motifs is 1. The molecule has 2 N–H and O–H groups in total. The third-order valence-electron chi connectivity index (χ3n) is 4.04. The van der Waals surface area contributed by atoms with Crippen molar-refractivity contribution in [1.82, 2.24) is 0 Å². The van der Waals surface area contributed by atoms with Crippen molar-refractivity contribution in [3.63, 3.8) is 0 Å². The normalized spacial score (nSPS) is 17.8. The van der Waals surface area contributed by atoms with Gasteiger partial charge in [0.25, 0.3) is 0 Å². The highest BCUT2D eigenvalue weighted by Gasteiger charge is 2.28. The zero-order valence-electron chi connectivity index (χ0n) is 11.1. The largest absolute Gasteiger partial charge is 0.317 e. The van der Waals surface area contributed by atoms with Gasteiger partial charge in [0.2, 0.25) is 0 Å². The maximum atomic E-state index is 6.56. The number of thiophene rings is 1. The smallest absolute Gasteiger partial charge is 0.0745 e. The van der Waals surface area contributed by atoms with E-state index in [-0.39, 0.29) is 0 Å². The van der Waals surface area contributed by atoms with E-state index < -0.39 is 5.54 Å². The molecule has 0 bridgehead atoms. The van der Waals surface area contributed by atoms with Gasteiger partial charge in [-0.25, -0.2) is 0 Å². The molecule has 1 aromatic heterocycles. The average Bonchev–Trinajstić information content (AvgIpc) is 2.85. The van der Waals surface area contributed by atoms with Gasteiger partial charge in [-0.05, 0) is 60.7 Å². The third-order valence-corrected chi connectivity index (χ3v) is 5.62. The predicted octanol–water partition coefficient (Wildman–Crippen LogP) is 4.50. The van der Waals surface area contributed by atoms with E-state index in [0.29, 0.717) is 0 Å². The van der Waals surface area contributed by atoms with Crippen molar-refractivity contribution in [2.24, 2.45) is 5.73 Å². The van der Waals surface area contributed by atoms with Gasteiger partial charge in [-0.2, -0.15) is 0 Å². The molecule has 100 valence electrons. The molecule has 1 unspecified atom stereocenters. The van der Waals surface area contributed by atoms with E-state index >= 15 is 0 Å². The minimum absolute atomic E-state index is 0.502. The Labute approximate surface area is 123 Å². The van der Waals surface area contributed by atoms with E-state index in [4.69, 9.17) is 17.3 Å². The molecule has 1 aliphatic carbocycles. The Balaban J connectivity index is 2.04. The van der Waals surface area contributed by atoms with Crippen molar-refractivity contribution in [1.29, 1.82) is 0 Å². The Morgan fingerprint density at radius 2 is 1.89 bits per heavy atom. The maximum absolute atomic E-state index is 6.56. The van der Waals surface area contributed by atoms with Crippen LogP contribution in [-0.2, 0) is 18.4 Å². The van der Waals surface area contributed by atoms with Gasteiger partial charge >= 0.3 is 0 Å². The molecule has 0 saturated heterocycles. The molecule has 1 atom stereocenters. The van der Waals surface area contributed by atoms with Gasteiger partial charge in [0.15, 0.2) is 0 Å². The van der Waals surface area contributed by atoms with Crippen LogP contribution in [0.15, 0.2) is 29.6 Å². The highest BCUT2D eigenvalue weighted by atomic mass is 35.5. The van der Waals surface area contributed by atoms with Crippen molar-refractivity contribution in [2.75, 3.05) is 0 Å². The van der Waals surface area contributed by atoms with Crippen molar-refractivity contribution in [2.45, 2.75) is 38.1 Å². The van der Waals surface area contributed by atoms with E-state index in [0.717, 1.165) is 15.5 Å². The van der Waals surface area contributed by atoms with E-state index in [9.17, 15) is 0 Å². The molecular weight excluding hydrogens is 274 g/mol. The summed E-state index contributed by atoms with van der Waals surface area (Å²) in [6, 6.07) is 8.62. The topological polar surface area (TPSA) is 26.0 Å². The monoisotopic (exact) mass is 291 g/mol. The van der Waals surface area contributed by atoms with Crippen LogP contribution >= 0.6 is 22.9 Å². The molecule has 1 nitrogen and oxygen atoms in total. The summed E-state index contributed by atoms with van der Waals surface area (Å²) in [5.74, 6) is 0. The first-order chi connectivity index (χ1) is 9.09. The molecule has 0 spiro atoms. The van der Waals surface area contributed by atoms with E-state index in [1.807, 2.05) is 11.4 Å². The highest BCUT2D eigenvalue weighted by Crippen LogP contribution is 2.37. The Bertz CT molecular complexity index is 601. The van der Waals surface area contributed by atoms with Crippen LogP contribution in [0.5, 0.6) is 0 Å². The second-order valence-corrected chi connectivity index (χ2v) is 6.81. The summed E-state index contributed by atoms with van der Waals surface area (Å²) in [5, 5.41) is 2.77. The van der Waals surface area contributed by atoms with Crippen molar-refractivity contribution >= 4 is 22.9 Å². The molecule has 19 heavy (non-hydrogen) atoms. The van der Waals surface area contributed by atoms with Crippen LogP contribution in [0.2, 0.25) is 5.02 Å². The minimum atomic E-state index is -0.502. The first-order valence-electron chi connectivity index (χ1n) is 6.73. The summed E-state index contributed by atoms with van der Waals surface area (Å²) in [6.45, 7) is 2.05. The molecule has 1 aromatic carbocycles. The number of rotatable bonds is 2. The summed E-state index contributed by atoms with van der Waals surface area (Å²) >= 11 is 7.88. The van der Waals surface area contributed by atoms with Gasteiger partial charge in [0, 0.05) is 4.88 Å². The Morgan fingerprint density at radius 1 is 1.16 bits per heavy atom. The average molecular weight is 292 g/mol. The lowest BCUT2D eigenvalue weighted by atomic mass is 9.85. The fourth-order valence-electron chi connectivity index (χ4n) is 2.85. The van der Waals surface area contributed by atoms with Crippen LogP contribution in [0.4, 0.5) is 0 Å². The molecular formula is C16H18ClNS. The fraction of sp³-hybridized carbons (Fsp3) is 0.375. The number of aryl methyl sites for hydroxylation is 2. The van der Waals surface area contributed by atoms with Crippen LogP contribution < -0.4 is 5.73 Å². The predicted molar refractivity (Wildman–Crippen MR) is 83.1 cm³/mol. The van der Waals surface area contributed by atoms with Crippen LogP contribution in [0.3, 0.4) is 0 Å². The SMILES string of the molecule is CC(N)(c1ccc2c(c1)CCCC2)c1sccc1Cl. The molecule has 0 aliphatic heterocycles. The van der Waals surface area contributed by atoms with Crippen LogP contribution in [0, 0.1) is 0 Å². The molecule has 2 aromatic rings. The van der Waals surface area contributed by atoms with Crippen LogP contribution in [-0.4, -0.2) is 0 Å². The third kappa shape index (κ3) is 2.33. The van der Waals surface area contributed by atoms with Crippen molar-refractivity contribution < 1.29 is 0 Å². The van der Waals surface area contributed by atoms with Crippen LogP contribution in [0.25, 0.3) is 0 Å². The second kappa shape index (κ2) is 4.93. The van der Waals surface area contributed by atoms with Gasteiger partial charge in [-0.1, -0.05) is 29.8 Å². The summed E-state index contributed by atoms with van der Waals surface area (Å²) in [4.78, 5) is 1.05. The lowest BCUT2D eigenvalue weighted by Crippen LogP contribution is -2.33. The number of benzene rings is 1. The molecule has 3 heteroatoms. The zero-order valence-corrected chi connectivity index (χ0v) is 12.7. The minimum Gasteiger partial charge on any atom is -0.317 e. The van der Waals surface area contributed by atoms with Gasteiger partial charge < -0.3 is 5.73 Å². The fourth-order valence-corrected chi connectivity index (χ4v) is 4.20. The molecule has 1 heterocycles. The van der Waals surface area contributed by atoms with E-state index in [2.05, 4.69) is 25.1 Å². The van der Waals surface area contributed by atoms with Crippen molar-refractivity contribution in [3.8, 4) is 0 Å². The molecule has 0 radical (unpaired) electrons. The summed E-state index contributed by atoms with van der Waals surface area (Å²) in [6.07, 6.45) is 4.98. The van der Waals surface area contributed by atoms with E-state index in [1.165, 1.54) is 36.8 Å². The Hall–Kier alpha value is -0.830. The molecule has 3 rings (SSSR count). The molecule has 1 aliphatic rings. The number of hydrogen-bond acceptors (Lipinski definition) is 2. The van der Waals surface area contributed by atoms with Gasteiger partial charge in [0.1, 0.15) is 0 Å².